The van der Waals surface area contributed by atoms with Crippen molar-refractivity contribution in [1.82, 2.24) is 5.32 Å². The summed E-state index contributed by atoms with van der Waals surface area (Å²) in [4.78, 5) is 38.1. The molecule has 4 rings (SSSR count). The zero-order valence-electron chi connectivity index (χ0n) is 15.3. The molecule has 1 N–H and O–H groups in total. The van der Waals surface area contributed by atoms with Crippen LogP contribution in [0.2, 0.25) is 0 Å². The Bertz CT molecular complexity index is 1040. The number of hydrogen-bond acceptors (Lipinski definition) is 4. The number of ether oxygens (including phenoxy) is 1. The lowest BCUT2D eigenvalue weighted by Gasteiger charge is -2.26. The first kappa shape index (κ1) is 17.9. The monoisotopic (exact) mass is 380 g/mol. The Balaban J connectivity index is 1.69. The highest BCUT2D eigenvalue weighted by Gasteiger charge is 2.37. The van der Waals surface area contributed by atoms with Gasteiger partial charge in [0.15, 0.2) is 0 Å². The molecule has 0 aromatic heterocycles. The lowest BCUT2D eigenvalue weighted by molar-refractivity contribution is -0.122. The van der Waals surface area contributed by atoms with Crippen LogP contribution >= 0.6 is 0 Å². The van der Waals surface area contributed by atoms with E-state index in [1.807, 2.05) is 19.9 Å². The van der Waals surface area contributed by atoms with E-state index in [1.54, 1.807) is 12.1 Å². The van der Waals surface area contributed by atoms with Crippen molar-refractivity contribution in [3.8, 4) is 5.75 Å². The molecule has 0 unspecified atom stereocenters. The van der Waals surface area contributed by atoms with Crippen LogP contribution in [0.25, 0.3) is 6.08 Å². The Kier molecular flexibility index (Phi) is 4.03. The average molecular weight is 380 g/mol. The summed E-state index contributed by atoms with van der Waals surface area (Å²) in [6.07, 6.45) is 2.14. The van der Waals surface area contributed by atoms with Crippen LogP contribution in [0.15, 0.2) is 48.0 Å². The fourth-order valence-electron chi connectivity index (χ4n) is 3.37. The highest BCUT2D eigenvalue weighted by atomic mass is 19.1. The third-order valence-electron chi connectivity index (χ3n) is 4.58. The number of fused-ring (bicyclic) bond motifs is 1. The molecule has 2 aromatic carbocycles. The van der Waals surface area contributed by atoms with Gasteiger partial charge in [0.25, 0.3) is 11.8 Å². The van der Waals surface area contributed by atoms with Crippen LogP contribution in [0.3, 0.4) is 0 Å². The molecule has 4 amide bonds. The summed E-state index contributed by atoms with van der Waals surface area (Å²) >= 11 is 0. The van der Waals surface area contributed by atoms with Crippen LogP contribution in [0, 0.1) is 5.82 Å². The van der Waals surface area contributed by atoms with E-state index in [4.69, 9.17) is 4.74 Å². The van der Waals surface area contributed by atoms with Crippen molar-refractivity contribution in [3.05, 3.63) is 65.0 Å². The molecular formula is C21H17FN2O4. The lowest BCUT2D eigenvalue weighted by Crippen LogP contribution is -2.54. The van der Waals surface area contributed by atoms with Crippen LogP contribution in [0.5, 0.6) is 5.75 Å². The van der Waals surface area contributed by atoms with E-state index in [2.05, 4.69) is 5.32 Å². The minimum atomic E-state index is -0.872. The number of barbiturate groups is 1. The fraction of sp³-hybridized carbons (Fsp3) is 0.190. The number of rotatable bonds is 2. The Morgan fingerprint density at radius 1 is 1.11 bits per heavy atom. The molecule has 0 spiro atoms. The second-order valence-electron chi connectivity index (χ2n) is 7.34. The van der Waals surface area contributed by atoms with E-state index in [9.17, 15) is 18.8 Å². The van der Waals surface area contributed by atoms with Gasteiger partial charge in [-0.2, -0.15) is 0 Å². The Hall–Kier alpha value is -3.48. The third kappa shape index (κ3) is 3.15. The van der Waals surface area contributed by atoms with Crippen LogP contribution in [-0.2, 0) is 16.0 Å². The van der Waals surface area contributed by atoms with Gasteiger partial charge < -0.3 is 4.74 Å². The molecule has 0 aliphatic carbocycles. The molecule has 142 valence electrons. The molecule has 2 aliphatic heterocycles. The van der Waals surface area contributed by atoms with E-state index < -0.39 is 23.7 Å². The van der Waals surface area contributed by atoms with Gasteiger partial charge in [0, 0.05) is 6.42 Å². The van der Waals surface area contributed by atoms with Gasteiger partial charge in [-0.1, -0.05) is 6.07 Å². The molecular weight excluding hydrogens is 363 g/mol. The molecule has 6 nitrogen and oxygen atoms in total. The predicted octanol–water partition coefficient (Wildman–Crippen LogP) is 3.21. The van der Waals surface area contributed by atoms with E-state index in [0.717, 1.165) is 28.3 Å². The van der Waals surface area contributed by atoms with Crippen LogP contribution in [0.4, 0.5) is 14.9 Å². The average Bonchev–Trinajstić information content (AvgIpc) is 2.93. The van der Waals surface area contributed by atoms with Gasteiger partial charge in [0.1, 0.15) is 22.7 Å². The Labute approximate surface area is 160 Å². The molecule has 2 aliphatic rings. The number of carbonyl (C=O) groups is 3. The molecule has 0 atom stereocenters. The number of halogens is 1. The van der Waals surface area contributed by atoms with E-state index in [-0.39, 0.29) is 16.9 Å². The van der Waals surface area contributed by atoms with Gasteiger partial charge in [-0.05, 0) is 67.4 Å². The normalized spacial score (nSPS) is 19.5. The standard InChI is InChI=1S/C21H17FN2O4/c1-21(2)11-13-9-12(3-8-17(13)28-21)10-16-18(25)23-20(27)24(19(16)26)15-6-4-14(22)5-7-15/h3-10H,11H2,1-2H3,(H,23,25,27)/b16-10+. The van der Waals surface area contributed by atoms with Crippen molar-refractivity contribution in [2.45, 2.75) is 25.9 Å². The minimum absolute atomic E-state index is 0.173. The number of nitrogens with zero attached hydrogens (tertiary/aromatic N) is 1. The summed E-state index contributed by atoms with van der Waals surface area (Å²) in [7, 11) is 0. The highest BCUT2D eigenvalue weighted by molar-refractivity contribution is 6.39. The van der Waals surface area contributed by atoms with E-state index >= 15 is 0 Å². The molecule has 2 aromatic rings. The smallest absolute Gasteiger partial charge is 0.335 e. The summed E-state index contributed by atoms with van der Waals surface area (Å²) in [6.45, 7) is 3.96. The van der Waals surface area contributed by atoms with Crippen molar-refractivity contribution >= 4 is 29.6 Å². The first-order chi connectivity index (χ1) is 13.2. The number of imide groups is 2. The fourth-order valence-corrected chi connectivity index (χ4v) is 3.37. The predicted molar refractivity (Wildman–Crippen MR) is 100 cm³/mol. The molecule has 1 saturated heterocycles. The maximum atomic E-state index is 13.2. The van der Waals surface area contributed by atoms with Gasteiger partial charge in [-0.3, -0.25) is 14.9 Å². The molecule has 1 fully saturated rings. The van der Waals surface area contributed by atoms with Gasteiger partial charge >= 0.3 is 6.03 Å². The van der Waals surface area contributed by atoms with Crippen molar-refractivity contribution in [3.63, 3.8) is 0 Å². The maximum Gasteiger partial charge on any atom is 0.335 e. The van der Waals surface area contributed by atoms with Crippen molar-refractivity contribution < 1.29 is 23.5 Å². The first-order valence-electron chi connectivity index (χ1n) is 8.72. The zero-order valence-corrected chi connectivity index (χ0v) is 15.3. The second kappa shape index (κ2) is 6.30. The zero-order chi connectivity index (χ0) is 20.1. The number of anilines is 1. The van der Waals surface area contributed by atoms with Crippen molar-refractivity contribution in [1.29, 1.82) is 0 Å². The minimum Gasteiger partial charge on any atom is -0.487 e. The largest absolute Gasteiger partial charge is 0.487 e. The van der Waals surface area contributed by atoms with E-state index in [1.165, 1.54) is 18.2 Å². The SMILES string of the molecule is CC1(C)Cc2cc(/C=C3\C(=O)NC(=O)N(c4ccc(F)cc4)C3=O)ccc2O1. The lowest BCUT2D eigenvalue weighted by atomic mass is 9.99. The summed E-state index contributed by atoms with van der Waals surface area (Å²) in [5.41, 5.74) is 1.31. The molecule has 0 bridgehead atoms. The summed E-state index contributed by atoms with van der Waals surface area (Å²) < 4.78 is 19.0. The van der Waals surface area contributed by atoms with Gasteiger partial charge in [0.2, 0.25) is 0 Å². The number of urea groups is 1. The van der Waals surface area contributed by atoms with Gasteiger partial charge in [-0.25, -0.2) is 14.1 Å². The van der Waals surface area contributed by atoms with Crippen LogP contribution in [-0.4, -0.2) is 23.4 Å². The van der Waals surface area contributed by atoms with Gasteiger partial charge in [-0.15, -0.1) is 0 Å². The van der Waals surface area contributed by atoms with Crippen molar-refractivity contribution in [2.24, 2.45) is 0 Å². The molecule has 0 radical (unpaired) electrons. The first-order valence-corrected chi connectivity index (χ1v) is 8.72. The van der Waals surface area contributed by atoms with Gasteiger partial charge in [0.05, 0.1) is 5.69 Å². The van der Waals surface area contributed by atoms with E-state index in [0.29, 0.717) is 12.0 Å². The molecule has 2 heterocycles. The summed E-state index contributed by atoms with van der Waals surface area (Å²) in [5.74, 6) is -1.26. The summed E-state index contributed by atoms with van der Waals surface area (Å²) in [5, 5.41) is 2.15. The topological polar surface area (TPSA) is 75.7 Å². The molecule has 28 heavy (non-hydrogen) atoms. The Morgan fingerprint density at radius 3 is 2.54 bits per heavy atom. The maximum absolute atomic E-state index is 13.2. The highest BCUT2D eigenvalue weighted by Crippen LogP contribution is 2.35. The van der Waals surface area contributed by atoms with Crippen molar-refractivity contribution in [2.75, 3.05) is 4.90 Å². The van der Waals surface area contributed by atoms with Crippen LogP contribution in [0.1, 0.15) is 25.0 Å². The third-order valence-corrected chi connectivity index (χ3v) is 4.58. The quantitative estimate of drug-likeness (QED) is 0.641. The molecule has 7 heteroatoms. The van der Waals surface area contributed by atoms with Crippen LogP contribution < -0.4 is 15.0 Å². The Morgan fingerprint density at radius 2 is 1.82 bits per heavy atom. The number of benzene rings is 2. The number of carbonyl (C=O) groups excluding carboxylic acids is 3. The summed E-state index contributed by atoms with van der Waals surface area (Å²) in [6, 6.07) is 9.40. The number of hydrogen-bond donors (Lipinski definition) is 1. The second-order valence-corrected chi connectivity index (χ2v) is 7.34. The number of amides is 4. The molecule has 0 saturated carbocycles. The number of nitrogens with one attached hydrogen (secondary N) is 1.